The second-order valence-electron chi connectivity index (χ2n) is 2.04. The molecule has 0 saturated heterocycles. The quantitative estimate of drug-likeness (QED) is 0.762. The summed E-state index contributed by atoms with van der Waals surface area (Å²) in [6.45, 7) is 0. The minimum absolute atomic E-state index is 0.00259. The van der Waals surface area contributed by atoms with Gasteiger partial charge < -0.3 is 9.84 Å². The van der Waals surface area contributed by atoms with E-state index in [-0.39, 0.29) is 10.2 Å². The second-order valence-corrected chi connectivity index (χ2v) is 2.83. The molecule has 1 N–H and O–H groups in total. The van der Waals surface area contributed by atoms with Crippen LogP contribution in [-0.2, 0) is 0 Å². The summed E-state index contributed by atoms with van der Waals surface area (Å²) in [5.41, 5.74) is 0. The fourth-order valence-electron chi connectivity index (χ4n) is 0.712. The van der Waals surface area contributed by atoms with E-state index in [1.165, 1.54) is 7.11 Å². The van der Waals surface area contributed by atoms with Crippen LogP contribution in [0.3, 0.4) is 0 Å². The molecule has 0 bridgehead atoms. The van der Waals surface area contributed by atoms with Crippen molar-refractivity contribution in [3.8, 4) is 11.5 Å². The first-order valence-corrected chi connectivity index (χ1v) is 3.77. The molecule has 0 heterocycles. The van der Waals surface area contributed by atoms with E-state index in [1.54, 1.807) is 0 Å². The Morgan fingerprint density at radius 3 is 2.58 bits per heavy atom. The number of hydrogen-bond acceptors (Lipinski definition) is 2. The summed E-state index contributed by atoms with van der Waals surface area (Å²) in [4.78, 5) is 0. The van der Waals surface area contributed by atoms with E-state index in [1.807, 2.05) is 0 Å². The molecule has 2 nitrogen and oxygen atoms in total. The highest BCUT2D eigenvalue weighted by Gasteiger charge is 2.16. The average Bonchev–Trinajstić information content (AvgIpc) is 2.08. The molecular formula is C7H5BrF2O2. The molecule has 0 spiro atoms. The van der Waals surface area contributed by atoms with E-state index in [0.29, 0.717) is 0 Å². The van der Waals surface area contributed by atoms with Gasteiger partial charge in [-0.25, -0.2) is 8.78 Å². The predicted molar refractivity (Wildman–Crippen MR) is 42.3 cm³/mol. The summed E-state index contributed by atoms with van der Waals surface area (Å²) in [6.07, 6.45) is 0. The van der Waals surface area contributed by atoms with Crippen molar-refractivity contribution in [3.63, 3.8) is 0 Å². The zero-order chi connectivity index (χ0) is 9.30. The molecule has 0 saturated carbocycles. The largest absolute Gasteiger partial charge is 0.503 e. The maximum Gasteiger partial charge on any atom is 0.189 e. The first kappa shape index (κ1) is 9.25. The van der Waals surface area contributed by atoms with Crippen LogP contribution in [0.4, 0.5) is 8.78 Å². The molecule has 0 aliphatic carbocycles. The molecule has 0 radical (unpaired) electrons. The molecule has 0 amide bonds. The lowest BCUT2D eigenvalue weighted by atomic mass is 10.3. The molecule has 66 valence electrons. The Labute approximate surface area is 75.9 Å². The van der Waals surface area contributed by atoms with Gasteiger partial charge in [0, 0.05) is 6.07 Å². The lowest BCUT2D eigenvalue weighted by molar-refractivity contribution is 0.371. The number of phenolic OH excluding ortho intramolecular Hbond substituents is 1. The summed E-state index contributed by atoms with van der Waals surface area (Å²) in [6, 6.07) is 0.891. The third-order valence-corrected chi connectivity index (χ3v) is 2.06. The van der Waals surface area contributed by atoms with Gasteiger partial charge in [-0.2, -0.15) is 0 Å². The Morgan fingerprint density at radius 1 is 1.50 bits per heavy atom. The van der Waals surface area contributed by atoms with Gasteiger partial charge in [-0.15, -0.1) is 0 Å². The first-order chi connectivity index (χ1) is 5.57. The van der Waals surface area contributed by atoms with Gasteiger partial charge in [-0.05, 0) is 15.9 Å². The van der Waals surface area contributed by atoms with Crippen molar-refractivity contribution < 1.29 is 18.6 Å². The summed E-state index contributed by atoms with van der Waals surface area (Å²) in [5.74, 6) is -3.12. The van der Waals surface area contributed by atoms with Gasteiger partial charge in [0.1, 0.15) is 5.75 Å². The molecule has 1 rings (SSSR count). The monoisotopic (exact) mass is 238 g/mol. The number of halogens is 3. The average molecular weight is 239 g/mol. The molecular weight excluding hydrogens is 234 g/mol. The topological polar surface area (TPSA) is 29.5 Å². The number of aromatic hydroxyl groups is 1. The van der Waals surface area contributed by atoms with Crippen LogP contribution in [-0.4, -0.2) is 12.2 Å². The molecule has 0 fully saturated rings. The van der Waals surface area contributed by atoms with E-state index in [0.717, 1.165) is 6.07 Å². The van der Waals surface area contributed by atoms with Gasteiger partial charge in [-0.1, -0.05) is 0 Å². The van der Waals surface area contributed by atoms with Crippen molar-refractivity contribution >= 4 is 15.9 Å². The molecule has 0 aliphatic heterocycles. The molecule has 1 aromatic rings. The molecule has 1 aromatic carbocycles. The molecule has 12 heavy (non-hydrogen) atoms. The lowest BCUT2D eigenvalue weighted by Gasteiger charge is -2.05. The SMILES string of the molecule is COc1cc(F)c(O)c(F)c1Br. The van der Waals surface area contributed by atoms with Gasteiger partial charge in [0.2, 0.25) is 0 Å². The highest BCUT2D eigenvalue weighted by Crippen LogP contribution is 2.34. The minimum atomic E-state index is -1.06. The van der Waals surface area contributed by atoms with Gasteiger partial charge >= 0.3 is 0 Å². The number of rotatable bonds is 1. The zero-order valence-corrected chi connectivity index (χ0v) is 7.65. The van der Waals surface area contributed by atoms with Crippen LogP contribution >= 0.6 is 15.9 Å². The first-order valence-electron chi connectivity index (χ1n) is 2.98. The predicted octanol–water partition coefficient (Wildman–Crippen LogP) is 2.44. The summed E-state index contributed by atoms with van der Waals surface area (Å²) in [7, 11) is 1.27. The van der Waals surface area contributed by atoms with Crippen LogP contribution in [0.25, 0.3) is 0 Å². The van der Waals surface area contributed by atoms with Gasteiger partial charge in [0.25, 0.3) is 0 Å². The third-order valence-electron chi connectivity index (χ3n) is 1.32. The summed E-state index contributed by atoms with van der Waals surface area (Å²) in [5, 5.41) is 8.77. The number of phenols is 1. The van der Waals surface area contributed by atoms with Crippen LogP contribution in [0.2, 0.25) is 0 Å². The van der Waals surface area contributed by atoms with E-state index < -0.39 is 17.4 Å². The number of methoxy groups -OCH3 is 1. The third kappa shape index (κ3) is 1.36. The summed E-state index contributed by atoms with van der Waals surface area (Å²) < 4.78 is 30.0. The van der Waals surface area contributed by atoms with Gasteiger partial charge in [0.15, 0.2) is 17.4 Å². The van der Waals surface area contributed by atoms with Crippen molar-refractivity contribution in [2.45, 2.75) is 0 Å². The maximum atomic E-state index is 12.8. The van der Waals surface area contributed by atoms with Crippen molar-refractivity contribution in [3.05, 3.63) is 22.2 Å². The number of benzene rings is 1. The smallest absolute Gasteiger partial charge is 0.189 e. The fourth-order valence-corrected chi connectivity index (χ4v) is 1.18. The van der Waals surface area contributed by atoms with Crippen LogP contribution in [0.5, 0.6) is 11.5 Å². The Bertz CT molecular complexity index is 315. The van der Waals surface area contributed by atoms with E-state index in [4.69, 9.17) is 5.11 Å². The van der Waals surface area contributed by atoms with Crippen LogP contribution in [0.1, 0.15) is 0 Å². The van der Waals surface area contributed by atoms with Crippen molar-refractivity contribution in [1.29, 1.82) is 0 Å². The molecule has 0 aromatic heterocycles. The van der Waals surface area contributed by atoms with Gasteiger partial charge in [0.05, 0.1) is 11.6 Å². The number of hydrogen-bond donors (Lipinski definition) is 1. The standard InChI is InChI=1S/C7H5BrF2O2/c1-12-4-2-3(9)7(11)6(10)5(4)8/h2,11H,1H3. The van der Waals surface area contributed by atoms with Crippen molar-refractivity contribution in [2.24, 2.45) is 0 Å². The van der Waals surface area contributed by atoms with Gasteiger partial charge in [-0.3, -0.25) is 0 Å². The number of ether oxygens (including phenoxy) is 1. The van der Waals surface area contributed by atoms with Crippen LogP contribution in [0.15, 0.2) is 10.5 Å². The summed E-state index contributed by atoms with van der Waals surface area (Å²) >= 11 is 2.80. The van der Waals surface area contributed by atoms with Crippen LogP contribution < -0.4 is 4.74 Å². The minimum Gasteiger partial charge on any atom is -0.503 e. The highest BCUT2D eigenvalue weighted by molar-refractivity contribution is 9.10. The zero-order valence-electron chi connectivity index (χ0n) is 6.07. The van der Waals surface area contributed by atoms with Crippen molar-refractivity contribution in [2.75, 3.05) is 7.11 Å². The Balaban J connectivity index is 3.39. The Kier molecular flexibility index (Phi) is 2.52. The lowest BCUT2D eigenvalue weighted by Crippen LogP contribution is -1.91. The highest BCUT2D eigenvalue weighted by atomic mass is 79.9. The molecule has 0 atom stereocenters. The van der Waals surface area contributed by atoms with Crippen molar-refractivity contribution in [1.82, 2.24) is 0 Å². The van der Waals surface area contributed by atoms with E-state index in [2.05, 4.69) is 20.7 Å². The Hall–Kier alpha value is -0.840. The molecule has 5 heteroatoms. The normalized spacial score (nSPS) is 10.0. The van der Waals surface area contributed by atoms with E-state index >= 15 is 0 Å². The van der Waals surface area contributed by atoms with E-state index in [9.17, 15) is 8.78 Å². The maximum absolute atomic E-state index is 12.8. The fraction of sp³-hybridized carbons (Fsp3) is 0.143. The molecule has 0 aliphatic rings. The molecule has 0 unspecified atom stereocenters. The second kappa shape index (κ2) is 3.26. The Morgan fingerprint density at radius 2 is 2.08 bits per heavy atom. The van der Waals surface area contributed by atoms with Crippen LogP contribution in [0, 0.1) is 11.6 Å².